The molecule has 0 aliphatic heterocycles. The lowest BCUT2D eigenvalue weighted by Crippen LogP contribution is -1.92. The lowest BCUT2D eigenvalue weighted by molar-refractivity contribution is 0.415. The van der Waals surface area contributed by atoms with Gasteiger partial charge >= 0.3 is 0 Å². The molecule has 6 nitrogen and oxygen atoms in total. The first-order valence-corrected chi connectivity index (χ1v) is 7.52. The van der Waals surface area contributed by atoms with Crippen molar-refractivity contribution in [3.05, 3.63) is 53.3 Å². The molecule has 8 heteroatoms. The number of nitrogens with zero attached hydrogens (tertiary/aromatic N) is 4. The largest absolute Gasteiger partial charge is 0.424 e. The fourth-order valence-electron chi connectivity index (χ4n) is 1.84. The Kier molecular flexibility index (Phi) is 4.19. The van der Waals surface area contributed by atoms with Crippen LogP contribution in [0.4, 0.5) is 4.39 Å². The molecule has 0 aliphatic rings. The molecule has 0 amide bonds. The van der Waals surface area contributed by atoms with E-state index >= 15 is 0 Å². The van der Waals surface area contributed by atoms with E-state index in [9.17, 15) is 4.39 Å². The van der Waals surface area contributed by atoms with Gasteiger partial charge in [-0.05, 0) is 18.6 Å². The van der Waals surface area contributed by atoms with Crippen LogP contribution < -0.4 is 0 Å². The molecule has 3 aromatic rings. The summed E-state index contributed by atoms with van der Waals surface area (Å²) in [6, 6.07) is 6.50. The molecule has 0 bridgehead atoms. The zero-order valence-electron chi connectivity index (χ0n) is 12.0. The third-order valence-electron chi connectivity index (χ3n) is 2.91. The minimum absolute atomic E-state index is 0.108. The molecule has 0 saturated carbocycles. The molecule has 0 spiro atoms. The van der Waals surface area contributed by atoms with Gasteiger partial charge in [0.1, 0.15) is 5.82 Å². The highest BCUT2D eigenvalue weighted by Gasteiger charge is 2.18. The SMILES string of the molecule is Cc1nnc([C@@H](C)Sc2nnc(Cc3ccccc3F)o2)o1. The minimum Gasteiger partial charge on any atom is -0.424 e. The predicted molar refractivity (Wildman–Crippen MR) is 76.8 cm³/mol. The Labute approximate surface area is 130 Å². The molecule has 2 aromatic heterocycles. The van der Waals surface area contributed by atoms with Gasteiger partial charge in [-0.25, -0.2) is 4.39 Å². The standard InChI is InChI=1S/C14H13FN4O2S/c1-8(13-18-16-9(2)20-13)22-14-19-17-12(21-14)7-10-5-3-4-6-11(10)15/h3-6,8H,7H2,1-2H3/t8-/m1/s1. The molecule has 0 fully saturated rings. The highest BCUT2D eigenvalue weighted by atomic mass is 32.2. The Morgan fingerprint density at radius 3 is 2.68 bits per heavy atom. The molecule has 0 saturated heterocycles. The fraction of sp³-hybridized carbons (Fsp3) is 0.286. The minimum atomic E-state index is -0.287. The van der Waals surface area contributed by atoms with Crippen LogP contribution in [0.15, 0.2) is 38.3 Å². The number of benzene rings is 1. The highest BCUT2D eigenvalue weighted by Crippen LogP contribution is 2.33. The van der Waals surface area contributed by atoms with Gasteiger partial charge in [-0.1, -0.05) is 30.0 Å². The van der Waals surface area contributed by atoms with Crippen molar-refractivity contribution in [3.8, 4) is 0 Å². The molecule has 1 atom stereocenters. The van der Waals surface area contributed by atoms with Crippen molar-refractivity contribution >= 4 is 11.8 Å². The maximum atomic E-state index is 13.6. The van der Waals surface area contributed by atoms with E-state index in [0.717, 1.165) is 0 Å². The molecular weight excluding hydrogens is 307 g/mol. The van der Waals surface area contributed by atoms with Crippen molar-refractivity contribution in [1.82, 2.24) is 20.4 Å². The number of hydrogen-bond acceptors (Lipinski definition) is 7. The summed E-state index contributed by atoms with van der Waals surface area (Å²) in [7, 11) is 0. The Bertz CT molecular complexity index is 774. The van der Waals surface area contributed by atoms with Crippen molar-refractivity contribution in [2.24, 2.45) is 0 Å². The molecular formula is C14H13FN4O2S. The Morgan fingerprint density at radius 2 is 1.95 bits per heavy atom. The zero-order chi connectivity index (χ0) is 15.5. The average molecular weight is 320 g/mol. The van der Waals surface area contributed by atoms with Crippen molar-refractivity contribution in [3.63, 3.8) is 0 Å². The van der Waals surface area contributed by atoms with Crippen LogP contribution in [0, 0.1) is 12.7 Å². The van der Waals surface area contributed by atoms with E-state index < -0.39 is 0 Å². The van der Waals surface area contributed by atoms with Crippen LogP contribution in [0.25, 0.3) is 0 Å². The maximum absolute atomic E-state index is 13.6. The smallest absolute Gasteiger partial charge is 0.277 e. The van der Waals surface area contributed by atoms with Gasteiger partial charge in [0.25, 0.3) is 5.22 Å². The molecule has 0 radical (unpaired) electrons. The van der Waals surface area contributed by atoms with E-state index in [2.05, 4.69) is 20.4 Å². The lowest BCUT2D eigenvalue weighted by atomic mass is 10.1. The summed E-state index contributed by atoms with van der Waals surface area (Å²) in [6.07, 6.45) is 0.258. The van der Waals surface area contributed by atoms with E-state index in [1.807, 2.05) is 6.92 Å². The van der Waals surface area contributed by atoms with Crippen LogP contribution in [-0.2, 0) is 6.42 Å². The van der Waals surface area contributed by atoms with E-state index in [1.165, 1.54) is 17.8 Å². The van der Waals surface area contributed by atoms with Gasteiger partial charge in [-0.15, -0.1) is 20.4 Å². The van der Waals surface area contributed by atoms with E-state index in [-0.39, 0.29) is 17.5 Å². The third kappa shape index (κ3) is 3.33. The average Bonchev–Trinajstić information content (AvgIpc) is 3.11. The van der Waals surface area contributed by atoms with Crippen LogP contribution >= 0.6 is 11.8 Å². The summed E-state index contributed by atoms with van der Waals surface area (Å²) >= 11 is 1.32. The molecule has 0 unspecified atom stereocenters. The summed E-state index contributed by atoms with van der Waals surface area (Å²) in [5, 5.41) is 15.9. The number of thioether (sulfide) groups is 1. The molecule has 3 rings (SSSR count). The number of halogens is 1. The second-order valence-corrected chi connectivity index (χ2v) is 5.94. The number of hydrogen-bond donors (Lipinski definition) is 0. The Balaban J connectivity index is 1.67. The first-order chi connectivity index (χ1) is 10.6. The van der Waals surface area contributed by atoms with Crippen LogP contribution in [-0.4, -0.2) is 20.4 Å². The van der Waals surface area contributed by atoms with Crippen LogP contribution in [0.1, 0.15) is 35.4 Å². The third-order valence-corrected chi connectivity index (χ3v) is 3.84. The van der Waals surface area contributed by atoms with E-state index in [4.69, 9.17) is 8.83 Å². The summed E-state index contributed by atoms with van der Waals surface area (Å²) in [6.45, 7) is 3.63. The van der Waals surface area contributed by atoms with Crippen molar-refractivity contribution < 1.29 is 13.2 Å². The van der Waals surface area contributed by atoms with Gasteiger partial charge in [0.05, 0.1) is 11.7 Å². The van der Waals surface area contributed by atoms with Gasteiger partial charge in [0.15, 0.2) is 0 Å². The van der Waals surface area contributed by atoms with Crippen LogP contribution in [0.3, 0.4) is 0 Å². The monoisotopic (exact) mass is 320 g/mol. The normalized spacial score (nSPS) is 12.5. The molecule has 0 N–H and O–H groups in total. The van der Waals surface area contributed by atoms with Crippen molar-refractivity contribution in [2.45, 2.75) is 30.7 Å². The number of aromatic nitrogens is 4. The first-order valence-electron chi connectivity index (χ1n) is 6.64. The summed E-state index contributed by atoms with van der Waals surface area (Å²) in [5.41, 5.74) is 0.517. The Morgan fingerprint density at radius 1 is 1.14 bits per heavy atom. The molecule has 0 aliphatic carbocycles. The van der Waals surface area contributed by atoms with Crippen LogP contribution in [0.5, 0.6) is 0 Å². The van der Waals surface area contributed by atoms with Gasteiger partial charge in [-0.3, -0.25) is 0 Å². The summed E-state index contributed by atoms with van der Waals surface area (Å²) in [4.78, 5) is 0. The molecule has 114 valence electrons. The number of aryl methyl sites for hydroxylation is 1. The highest BCUT2D eigenvalue weighted by molar-refractivity contribution is 7.99. The van der Waals surface area contributed by atoms with Gasteiger partial charge in [0.2, 0.25) is 17.7 Å². The van der Waals surface area contributed by atoms with Crippen LogP contribution in [0.2, 0.25) is 0 Å². The second kappa shape index (κ2) is 6.27. The quantitative estimate of drug-likeness (QED) is 0.667. The lowest BCUT2D eigenvalue weighted by Gasteiger charge is -2.01. The summed E-state index contributed by atoms with van der Waals surface area (Å²) in [5.74, 6) is 1.08. The van der Waals surface area contributed by atoms with Crippen molar-refractivity contribution in [2.75, 3.05) is 0 Å². The zero-order valence-corrected chi connectivity index (χ0v) is 12.8. The summed E-state index contributed by atoms with van der Waals surface area (Å²) < 4.78 is 24.5. The topological polar surface area (TPSA) is 77.8 Å². The fourth-order valence-corrected chi connectivity index (χ4v) is 2.57. The molecule has 2 heterocycles. The first kappa shape index (κ1) is 14.7. The van der Waals surface area contributed by atoms with E-state index in [0.29, 0.717) is 28.5 Å². The van der Waals surface area contributed by atoms with Crippen molar-refractivity contribution in [1.29, 1.82) is 0 Å². The van der Waals surface area contributed by atoms with E-state index in [1.54, 1.807) is 25.1 Å². The maximum Gasteiger partial charge on any atom is 0.277 e. The number of rotatable bonds is 5. The predicted octanol–water partition coefficient (Wildman–Crippen LogP) is 3.34. The second-order valence-electron chi connectivity index (χ2n) is 4.65. The van der Waals surface area contributed by atoms with Gasteiger partial charge in [0, 0.05) is 6.92 Å². The van der Waals surface area contributed by atoms with Gasteiger partial charge < -0.3 is 8.83 Å². The Hall–Kier alpha value is -2.22. The van der Waals surface area contributed by atoms with Gasteiger partial charge in [-0.2, -0.15) is 0 Å². The molecule has 22 heavy (non-hydrogen) atoms. The molecule has 1 aromatic carbocycles.